The van der Waals surface area contributed by atoms with Crippen molar-refractivity contribution in [3.05, 3.63) is 126 Å². The first kappa shape index (κ1) is 22.5. The lowest BCUT2D eigenvalue weighted by atomic mass is 9.88. The lowest BCUT2D eigenvalue weighted by Gasteiger charge is -2.17. The smallest absolute Gasteiger partial charge is 0.145 e. The van der Waals surface area contributed by atoms with Crippen LogP contribution in [0.25, 0.3) is 66.6 Å². The normalized spacial score (nSPS) is 12.0. The summed E-state index contributed by atoms with van der Waals surface area (Å²) in [5.41, 5.74) is 8.20. The highest BCUT2D eigenvalue weighted by atomic mass is 15.1. The van der Waals surface area contributed by atoms with Gasteiger partial charge in [0.1, 0.15) is 5.82 Å². The SMILES string of the molecule is C/C=C\c1c(C)nc(-c2ccc3ccc4c(-c5ccc(C)cc5)ccc5ccc2c3c54)n1-c1ccccc1. The molecule has 0 spiro atoms. The van der Waals surface area contributed by atoms with Crippen molar-refractivity contribution in [3.63, 3.8) is 0 Å². The molecular weight excluding hydrogens is 460 g/mol. The van der Waals surface area contributed by atoms with Crippen LogP contribution in [0.5, 0.6) is 0 Å². The molecule has 2 heteroatoms. The maximum absolute atomic E-state index is 5.14. The molecular formula is C36H28N2. The predicted octanol–water partition coefficient (Wildman–Crippen LogP) is 9.75. The van der Waals surface area contributed by atoms with Gasteiger partial charge in [-0.15, -0.1) is 0 Å². The van der Waals surface area contributed by atoms with Crippen molar-refractivity contribution >= 4 is 38.4 Å². The fraction of sp³-hybridized carbons (Fsp3) is 0.0833. The van der Waals surface area contributed by atoms with Crippen molar-refractivity contribution in [3.8, 4) is 28.2 Å². The van der Waals surface area contributed by atoms with Crippen LogP contribution in [-0.2, 0) is 0 Å². The van der Waals surface area contributed by atoms with Gasteiger partial charge in [0.15, 0.2) is 0 Å². The van der Waals surface area contributed by atoms with E-state index in [1.165, 1.54) is 49.0 Å². The summed E-state index contributed by atoms with van der Waals surface area (Å²) in [5.74, 6) is 0.971. The van der Waals surface area contributed by atoms with Gasteiger partial charge >= 0.3 is 0 Å². The second-order valence-electron chi connectivity index (χ2n) is 10.1. The van der Waals surface area contributed by atoms with Crippen LogP contribution in [-0.4, -0.2) is 9.55 Å². The van der Waals surface area contributed by atoms with Crippen LogP contribution < -0.4 is 0 Å². The van der Waals surface area contributed by atoms with Gasteiger partial charge in [0.2, 0.25) is 0 Å². The lowest BCUT2D eigenvalue weighted by Crippen LogP contribution is -2.00. The molecule has 1 aromatic heterocycles. The molecule has 0 aliphatic heterocycles. The first-order valence-corrected chi connectivity index (χ1v) is 13.2. The summed E-state index contributed by atoms with van der Waals surface area (Å²) in [7, 11) is 0. The molecule has 0 fully saturated rings. The molecule has 0 unspecified atom stereocenters. The Bertz CT molecular complexity index is 1970. The topological polar surface area (TPSA) is 17.8 Å². The monoisotopic (exact) mass is 488 g/mol. The zero-order valence-electron chi connectivity index (χ0n) is 21.9. The van der Waals surface area contributed by atoms with Crippen LogP contribution in [0.4, 0.5) is 0 Å². The summed E-state index contributed by atoms with van der Waals surface area (Å²) in [5, 5.41) is 7.67. The van der Waals surface area contributed by atoms with Crippen molar-refractivity contribution in [1.82, 2.24) is 9.55 Å². The highest BCUT2D eigenvalue weighted by Crippen LogP contribution is 2.42. The quantitative estimate of drug-likeness (QED) is 0.225. The fourth-order valence-electron chi connectivity index (χ4n) is 5.90. The Kier molecular flexibility index (Phi) is 5.16. The van der Waals surface area contributed by atoms with Crippen molar-refractivity contribution in [2.75, 3.05) is 0 Å². The molecule has 7 rings (SSSR count). The molecule has 0 atom stereocenters. The van der Waals surface area contributed by atoms with E-state index in [-0.39, 0.29) is 0 Å². The zero-order valence-corrected chi connectivity index (χ0v) is 21.9. The summed E-state index contributed by atoms with van der Waals surface area (Å²) < 4.78 is 2.29. The van der Waals surface area contributed by atoms with Gasteiger partial charge in [-0.1, -0.05) is 96.6 Å². The minimum Gasteiger partial charge on any atom is -0.293 e. The number of para-hydroxylation sites is 1. The van der Waals surface area contributed by atoms with Gasteiger partial charge in [0.05, 0.1) is 11.4 Å². The van der Waals surface area contributed by atoms with Gasteiger partial charge < -0.3 is 0 Å². The highest BCUT2D eigenvalue weighted by molar-refractivity contribution is 6.27. The van der Waals surface area contributed by atoms with E-state index >= 15 is 0 Å². The number of nitrogens with zero attached hydrogens (tertiary/aromatic N) is 2. The van der Waals surface area contributed by atoms with Crippen molar-refractivity contribution in [2.24, 2.45) is 0 Å². The van der Waals surface area contributed by atoms with E-state index in [1.807, 2.05) is 0 Å². The van der Waals surface area contributed by atoms with Crippen molar-refractivity contribution in [1.29, 1.82) is 0 Å². The highest BCUT2D eigenvalue weighted by Gasteiger charge is 2.20. The van der Waals surface area contributed by atoms with Gasteiger partial charge in [-0.2, -0.15) is 0 Å². The molecule has 0 aliphatic carbocycles. The van der Waals surface area contributed by atoms with Crippen LogP contribution in [0.3, 0.4) is 0 Å². The van der Waals surface area contributed by atoms with E-state index in [2.05, 4.69) is 141 Å². The standard InChI is InChI=1S/C36H28N2/c1-4-8-33-24(3)37-36(38(33)28-9-6-5-7-10-28)32-22-18-27-16-20-30-29(25-13-11-23(2)12-14-25)19-15-26-17-21-31(32)35(27)34(26)30/h4-22H,1-3H3/b8-4-. The van der Waals surface area contributed by atoms with Gasteiger partial charge in [-0.05, 0) is 88.5 Å². The van der Waals surface area contributed by atoms with Gasteiger partial charge in [-0.25, -0.2) is 4.98 Å². The van der Waals surface area contributed by atoms with E-state index in [0.29, 0.717) is 0 Å². The second kappa shape index (κ2) is 8.71. The second-order valence-corrected chi connectivity index (χ2v) is 10.1. The first-order valence-electron chi connectivity index (χ1n) is 13.2. The maximum atomic E-state index is 5.14. The third-order valence-corrected chi connectivity index (χ3v) is 7.70. The Morgan fingerprint density at radius 1 is 0.632 bits per heavy atom. The molecule has 0 N–H and O–H groups in total. The van der Waals surface area contributed by atoms with Crippen LogP contribution >= 0.6 is 0 Å². The molecule has 0 amide bonds. The Balaban J connectivity index is 1.56. The van der Waals surface area contributed by atoms with Crippen molar-refractivity contribution in [2.45, 2.75) is 20.8 Å². The molecule has 0 saturated heterocycles. The molecule has 0 saturated carbocycles. The van der Waals surface area contributed by atoms with Crippen LogP contribution in [0.1, 0.15) is 23.9 Å². The molecule has 0 radical (unpaired) electrons. The Labute approximate surface area is 222 Å². The van der Waals surface area contributed by atoms with E-state index < -0.39 is 0 Å². The first-order chi connectivity index (χ1) is 18.6. The van der Waals surface area contributed by atoms with Crippen LogP contribution in [0, 0.1) is 13.8 Å². The van der Waals surface area contributed by atoms with Crippen LogP contribution in [0.15, 0.2) is 109 Å². The summed E-state index contributed by atoms with van der Waals surface area (Å²) in [4.78, 5) is 5.14. The fourth-order valence-corrected chi connectivity index (χ4v) is 5.90. The third kappa shape index (κ3) is 3.38. The van der Waals surface area contributed by atoms with E-state index in [4.69, 9.17) is 4.98 Å². The number of hydrogen-bond acceptors (Lipinski definition) is 1. The predicted molar refractivity (Wildman–Crippen MR) is 162 cm³/mol. The lowest BCUT2D eigenvalue weighted by molar-refractivity contribution is 1.05. The Morgan fingerprint density at radius 3 is 1.89 bits per heavy atom. The summed E-state index contributed by atoms with van der Waals surface area (Å²) in [6.07, 6.45) is 4.24. The summed E-state index contributed by atoms with van der Waals surface area (Å²) in [6.45, 7) is 6.30. The molecule has 0 bridgehead atoms. The number of aryl methyl sites for hydroxylation is 2. The summed E-state index contributed by atoms with van der Waals surface area (Å²) >= 11 is 0. The summed E-state index contributed by atoms with van der Waals surface area (Å²) in [6, 6.07) is 37.5. The average Bonchev–Trinajstić information content (AvgIpc) is 3.28. The zero-order chi connectivity index (χ0) is 25.8. The molecule has 182 valence electrons. The molecule has 0 aliphatic rings. The Morgan fingerprint density at radius 2 is 1.24 bits per heavy atom. The molecule has 6 aromatic carbocycles. The number of aromatic nitrogens is 2. The average molecular weight is 489 g/mol. The maximum Gasteiger partial charge on any atom is 0.145 e. The number of hydrogen-bond donors (Lipinski definition) is 0. The van der Waals surface area contributed by atoms with Gasteiger partial charge in [0, 0.05) is 11.3 Å². The molecule has 1 heterocycles. The number of allylic oxidation sites excluding steroid dienone is 1. The molecule has 7 aromatic rings. The van der Waals surface area contributed by atoms with Crippen LogP contribution in [0.2, 0.25) is 0 Å². The Hall–Kier alpha value is -4.69. The minimum absolute atomic E-state index is 0.971. The molecule has 2 nitrogen and oxygen atoms in total. The third-order valence-electron chi connectivity index (χ3n) is 7.70. The van der Waals surface area contributed by atoms with Gasteiger partial charge in [-0.3, -0.25) is 4.57 Å². The van der Waals surface area contributed by atoms with E-state index in [9.17, 15) is 0 Å². The number of rotatable bonds is 4. The van der Waals surface area contributed by atoms with E-state index in [0.717, 1.165) is 28.5 Å². The number of benzene rings is 6. The van der Waals surface area contributed by atoms with E-state index in [1.54, 1.807) is 0 Å². The number of imidazole rings is 1. The van der Waals surface area contributed by atoms with Crippen molar-refractivity contribution < 1.29 is 0 Å². The molecule has 38 heavy (non-hydrogen) atoms. The largest absolute Gasteiger partial charge is 0.293 e. The minimum atomic E-state index is 0.971. The van der Waals surface area contributed by atoms with Gasteiger partial charge in [0.25, 0.3) is 0 Å².